The molecular formula is C43H36Cl2F4N4O6. The first-order valence-electron chi connectivity index (χ1n) is 17.6. The summed E-state index contributed by atoms with van der Waals surface area (Å²) in [4.78, 5) is 49.3. The number of primary amides is 1. The number of pyridine rings is 2. The van der Waals surface area contributed by atoms with Gasteiger partial charge in [0, 0.05) is 65.0 Å². The molecule has 0 aliphatic heterocycles. The van der Waals surface area contributed by atoms with E-state index in [1.54, 1.807) is 57.2 Å². The number of nitrogens with two attached hydrogens (primary N) is 1. The number of nitrogens with one attached hydrogen (secondary N) is 1. The smallest absolute Gasteiger partial charge is 0.277 e. The lowest BCUT2D eigenvalue weighted by Crippen LogP contribution is -2.24. The van der Waals surface area contributed by atoms with Crippen molar-refractivity contribution in [3.05, 3.63) is 184 Å². The normalized spacial score (nSPS) is 10.8. The number of ether oxygens (including phenoxy) is 2. The molecule has 16 heteroatoms. The maximum Gasteiger partial charge on any atom is 0.277 e. The van der Waals surface area contributed by atoms with Crippen molar-refractivity contribution in [1.29, 1.82) is 0 Å². The van der Waals surface area contributed by atoms with Gasteiger partial charge in [-0.1, -0.05) is 35.3 Å². The van der Waals surface area contributed by atoms with Crippen LogP contribution < -0.4 is 31.6 Å². The molecule has 0 atom stereocenters. The molecule has 0 aliphatic carbocycles. The van der Waals surface area contributed by atoms with Crippen LogP contribution in [-0.2, 0) is 13.2 Å². The minimum Gasteiger partial charge on any atom is -0.487 e. The molecule has 306 valence electrons. The standard InChI is InChI=1S/C22H19ClF2N2O3.C21H17ClF2N2O3/c1-12-4-5-14(21(28)26-3)9-18(12)27-13(2)8-19(20(23)22(27)29)30-11-15-6-7-16(24)10-17(15)25;1-11-3-4-13(20(25)27)8-17(11)26-12(2)7-18(19(22)21(26)28)29-10-14-5-6-15(23)9-16(14)24/h4-10H,11H2,1-3H3,(H,26,28);3-9H,10H2,1-2H3,(H2,25,27). The van der Waals surface area contributed by atoms with E-state index in [1.807, 2.05) is 6.92 Å². The molecule has 4 aromatic carbocycles. The van der Waals surface area contributed by atoms with E-state index in [-0.39, 0.29) is 57.4 Å². The SMILES string of the molecule is CNC(=O)c1ccc(C)c(-n2c(C)cc(OCc3ccc(F)cc3F)c(Cl)c2=O)c1.Cc1ccc(C(N)=O)cc1-n1c(C)cc(OCc2ccc(F)cc2F)c(Cl)c1=O. The van der Waals surface area contributed by atoms with E-state index in [2.05, 4.69) is 5.32 Å². The molecule has 0 fully saturated rings. The van der Waals surface area contributed by atoms with Gasteiger partial charge in [0.05, 0.1) is 11.4 Å². The molecule has 0 saturated heterocycles. The molecule has 6 rings (SSSR count). The Balaban J connectivity index is 0.000000224. The van der Waals surface area contributed by atoms with Gasteiger partial charge in [0.2, 0.25) is 5.91 Å². The average Bonchev–Trinajstić information content (AvgIpc) is 3.19. The van der Waals surface area contributed by atoms with E-state index in [9.17, 15) is 36.7 Å². The molecule has 0 unspecified atom stereocenters. The van der Waals surface area contributed by atoms with Crippen molar-refractivity contribution < 1.29 is 36.6 Å². The van der Waals surface area contributed by atoms with Gasteiger partial charge in [-0.25, -0.2) is 17.6 Å². The number of aromatic nitrogens is 2. The molecule has 6 aromatic rings. The summed E-state index contributed by atoms with van der Waals surface area (Å²) in [5, 5.41) is 2.15. The molecule has 0 radical (unpaired) electrons. The topological polar surface area (TPSA) is 135 Å². The second kappa shape index (κ2) is 18.5. The van der Waals surface area contributed by atoms with Crippen LogP contribution in [0, 0.1) is 51.0 Å². The highest BCUT2D eigenvalue weighted by atomic mass is 35.5. The summed E-state index contributed by atoms with van der Waals surface area (Å²) in [7, 11) is 1.52. The van der Waals surface area contributed by atoms with Crippen molar-refractivity contribution in [2.24, 2.45) is 5.73 Å². The van der Waals surface area contributed by atoms with Crippen molar-refractivity contribution in [2.45, 2.75) is 40.9 Å². The molecule has 10 nitrogen and oxygen atoms in total. The Morgan fingerprint density at radius 3 is 1.42 bits per heavy atom. The average molecular weight is 852 g/mol. The number of rotatable bonds is 10. The quantitative estimate of drug-likeness (QED) is 0.133. The number of amides is 2. The molecule has 2 aromatic heterocycles. The fourth-order valence-electron chi connectivity index (χ4n) is 5.90. The first-order valence-corrected chi connectivity index (χ1v) is 18.4. The van der Waals surface area contributed by atoms with E-state index in [1.165, 1.54) is 40.4 Å². The van der Waals surface area contributed by atoms with Gasteiger partial charge in [0.15, 0.2) is 0 Å². The fraction of sp³-hybridized carbons (Fsp3) is 0.163. The van der Waals surface area contributed by atoms with E-state index in [4.69, 9.17) is 38.4 Å². The number of hydrogen-bond donors (Lipinski definition) is 2. The Kier molecular flexibility index (Phi) is 13.7. The van der Waals surface area contributed by atoms with Gasteiger partial charge in [-0.2, -0.15) is 0 Å². The molecule has 2 heterocycles. The minimum atomic E-state index is -0.759. The van der Waals surface area contributed by atoms with Gasteiger partial charge in [-0.15, -0.1) is 0 Å². The Hall–Kier alpha value is -6.38. The van der Waals surface area contributed by atoms with Crippen LogP contribution in [0.4, 0.5) is 17.6 Å². The third kappa shape index (κ3) is 9.85. The molecule has 0 aliphatic rings. The van der Waals surface area contributed by atoms with Gasteiger partial charge in [-0.3, -0.25) is 28.3 Å². The number of halogens is 6. The van der Waals surface area contributed by atoms with Crippen LogP contribution in [-0.4, -0.2) is 28.0 Å². The fourth-order valence-corrected chi connectivity index (χ4v) is 6.29. The number of benzene rings is 4. The van der Waals surface area contributed by atoms with Crippen molar-refractivity contribution in [1.82, 2.24) is 14.5 Å². The first kappa shape index (κ1) is 43.7. The summed E-state index contributed by atoms with van der Waals surface area (Å²) < 4.78 is 67.5. The van der Waals surface area contributed by atoms with E-state index < -0.39 is 40.3 Å². The van der Waals surface area contributed by atoms with Crippen molar-refractivity contribution in [2.75, 3.05) is 7.05 Å². The largest absolute Gasteiger partial charge is 0.487 e. The monoisotopic (exact) mass is 850 g/mol. The second-order valence-electron chi connectivity index (χ2n) is 13.2. The van der Waals surface area contributed by atoms with Gasteiger partial charge in [-0.05, 0) is 87.4 Å². The lowest BCUT2D eigenvalue weighted by atomic mass is 10.1. The molecule has 0 spiro atoms. The van der Waals surface area contributed by atoms with Gasteiger partial charge in [0.1, 0.15) is 58.0 Å². The number of nitrogens with zero attached hydrogens (tertiary/aromatic N) is 2. The highest BCUT2D eigenvalue weighted by molar-refractivity contribution is 6.32. The highest BCUT2D eigenvalue weighted by Gasteiger charge is 2.19. The zero-order chi connectivity index (χ0) is 43.3. The molecular weight excluding hydrogens is 815 g/mol. The Morgan fingerprint density at radius 2 is 1.03 bits per heavy atom. The van der Waals surface area contributed by atoms with Gasteiger partial charge >= 0.3 is 0 Å². The Labute approximate surface area is 345 Å². The maximum absolute atomic E-state index is 13.8. The van der Waals surface area contributed by atoms with Crippen molar-refractivity contribution in [3.8, 4) is 22.9 Å². The lowest BCUT2D eigenvalue weighted by molar-refractivity contribution is 0.0961. The number of carbonyl (C=O) groups excluding carboxylic acids is 2. The predicted molar refractivity (Wildman–Crippen MR) is 216 cm³/mol. The summed E-state index contributed by atoms with van der Waals surface area (Å²) in [6.45, 7) is 6.49. The molecule has 0 bridgehead atoms. The summed E-state index contributed by atoms with van der Waals surface area (Å²) in [5.74, 6) is -3.66. The number of hydrogen-bond acceptors (Lipinski definition) is 6. The highest BCUT2D eigenvalue weighted by Crippen LogP contribution is 2.28. The molecule has 0 saturated carbocycles. The lowest BCUT2D eigenvalue weighted by Gasteiger charge is -2.17. The minimum absolute atomic E-state index is 0.0675. The molecule has 59 heavy (non-hydrogen) atoms. The van der Waals surface area contributed by atoms with Gasteiger partial charge in [0.25, 0.3) is 17.0 Å². The van der Waals surface area contributed by atoms with E-state index in [0.717, 1.165) is 35.4 Å². The summed E-state index contributed by atoms with van der Waals surface area (Å²) >= 11 is 12.4. The summed E-state index contributed by atoms with van der Waals surface area (Å²) in [5.41, 5.74) is 8.59. The Bertz CT molecular complexity index is 2740. The van der Waals surface area contributed by atoms with Crippen LogP contribution in [0.5, 0.6) is 11.5 Å². The second-order valence-corrected chi connectivity index (χ2v) is 14.0. The van der Waals surface area contributed by atoms with Crippen LogP contribution in [0.2, 0.25) is 10.0 Å². The zero-order valence-corrected chi connectivity index (χ0v) is 33.7. The van der Waals surface area contributed by atoms with E-state index >= 15 is 0 Å². The van der Waals surface area contributed by atoms with Crippen molar-refractivity contribution in [3.63, 3.8) is 0 Å². The molecule has 2 amide bonds. The zero-order valence-electron chi connectivity index (χ0n) is 32.2. The third-order valence-electron chi connectivity index (χ3n) is 9.07. The van der Waals surface area contributed by atoms with Crippen LogP contribution in [0.25, 0.3) is 11.4 Å². The summed E-state index contributed by atoms with van der Waals surface area (Å²) in [6, 6.07) is 19.1. The summed E-state index contributed by atoms with van der Waals surface area (Å²) in [6.07, 6.45) is 0. The van der Waals surface area contributed by atoms with Crippen LogP contribution in [0.1, 0.15) is 54.4 Å². The number of aryl methyl sites for hydroxylation is 4. The van der Waals surface area contributed by atoms with Crippen LogP contribution in [0.3, 0.4) is 0 Å². The third-order valence-corrected chi connectivity index (χ3v) is 9.77. The first-order chi connectivity index (χ1) is 27.9. The van der Waals surface area contributed by atoms with Crippen LogP contribution >= 0.6 is 23.2 Å². The van der Waals surface area contributed by atoms with Gasteiger partial charge < -0.3 is 20.5 Å². The predicted octanol–water partition coefficient (Wildman–Crippen LogP) is 8.39. The number of carbonyl (C=O) groups is 2. The van der Waals surface area contributed by atoms with Crippen LogP contribution in [0.15, 0.2) is 94.5 Å². The maximum atomic E-state index is 13.8. The molecule has 3 N–H and O–H groups in total. The van der Waals surface area contributed by atoms with E-state index in [0.29, 0.717) is 28.3 Å². The van der Waals surface area contributed by atoms with Crippen molar-refractivity contribution >= 4 is 35.0 Å². The Morgan fingerprint density at radius 1 is 0.627 bits per heavy atom.